The molecule has 0 heterocycles. The lowest BCUT2D eigenvalue weighted by Gasteiger charge is -2.20. The van der Waals surface area contributed by atoms with Gasteiger partial charge >= 0.3 is 5.97 Å². The maximum absolute atomic E-state index is 11.6. The molecule has 2 aromatic carbocycles. The summed E-state index contributed by atoms with van der Waals surface area (Å²) >= 11 is 0. The summed E-state index contributed by atoms with van der Waals surface area (Å²) in [5.41, 5.74) is 5.68. The van der Waals surface area contributed by atoms with Gasteiger partial charge in [0.1, 0.15) is 0 Å². The van der Waals surface area contributed by atoms with E-state index in [9.17, 15) is 9.90 Å². The monoisotopic (exact) mass is 324 g/mol. The van der Waals surface area contributed by atoms with Gasteiger partial charge in [-0.15, -0.1) is 0 Å². The predicted octanol–water partition coefficient (Wildman–Crippen LogP) is 3.99. The first kappa shape index (κ1) is 17.6. The molecule has 0 aliphatic rings. The van der Waals surface area contributed by atoms with Crippen molar-refractivity contribution >= 4 is 17.3 Å². The summed E-state index contributed by atoms with van der Waals surface area (Å²) in [6.07, 6.45) is 1.95. The topological polar surface area (TPSA) is 52.6 Å². The lowest BCUT2D eigenvalue weighted by Crippen LogP contribution is -2.13. The smallest absolute Gasteiger partial charge is 0.333 e. The third kappa shape index (κ3) is 4.38. The van der Waals surface area contributed by atoms with Crippen LogP contribution < -0.4 is 10.2 Å². The first-order valence-electron chi connectivity index (χ1n) is 7.90. The third-order valence-corrected chi connectivity index (χ3v) is 3.85. The summed E-state index contributed by atoms with van der Waals surface area (Å²) in [4.78, 5) is 13.6. The summed E-state index contributed by atoms with van der Waals surface area (Å²) in [5.74, 6) is -0.912. The van der Waals surface area contributed by atoms with Gasteiger partial charge in [0.05, 0.1) is 5.57 Å². The van der Waals surface area contributed by atoms with Gasteiger partial charge in [-0.25, -0.2) is 4.79 Å². The second-order valence-corrected chi connectivity index (χ2v) is 6.13. The van der Waals surface area contributed by atoms with Gasteiger partial charge in [0.2, 0.25) is 0 Å². The van der Waals surface area contributed by atoms with E-state index < -0.39 is 5.97 Å². The average Bonchev–Trinajstić information content (AvgIpc) is 2.51. The summed E-state index contributed by atoms with van der Waals surface area (Å²) in [5, 5.41) is 12.5. The molecule has 0 bridgehead atoms. The molecule has 0 aromatic heterocycles. The Morgan fingerprint density at radius 3 is 2.21 bits per heavy atom. The lowest BCUT2D eigenvalue weighted by molar-refractivity contribution is -0.132. The maximum Gasteiger partial charge on any atom is 0.333 e. The van der Waals surface area contributed by atoms with Crippen molar-refractivity contribution in [2.75, 3.05) is 24.3 Å². The fraction of sp³-hybridized carbons (Fsp3) is 0.250. The quantitative estimate of drug-likeness (QED) is 0.789. The average molecular weight is 324 g/mol. The summed E-state index contributed by atoms with van der Waals surface area (Å²) in [6.45, 7) is 4.11. The Morgan fingerprint density at radius 1 is 1.12 bits per heavy atom. The Morgan fingerprint density at radius 2 is 1.71 bits per heavy atom. The highest BCUT2D eigenvalue weighted by molar-refractivity contribution is 5.87. The molecule has 24 heavy (non-hydrogen) atoms. The molecule has 0 saturated carbocycles. The van der Waals surface area contributed by atoms with Crippen molar-refractivity contribution in [3.05, 3.63) is 70.9 Å². The van der Waals surface area contributed by atoms with Crippen molar-refractivity contribution < 1.29 is 9.90 Å². The lowest BCUT2D eigenvalue weighted by atomic mass is 9.99. The van der Waals surface area contributed by atoms with E-state index >= 15 is 0 Å². The van der Waals surface area contributed by atoms with Crippen LogP contribution in [-0.4, -0.2) is 25.2 Å². The number of para-hydroxylation sites is 1. The molecule has 0 amide bonds. The molecule has 0 unspecified atom stereocenters. The van der Waals surface area contributed by atoms with E-state index in [-0.39, 0.29) is 0 Å². The highest BCUT2D eigenvalue weighted by Crippen LogP contribution is 2.25. The molecule has 4 heteroatoms. The number of anilines is 2. The second-order valence-electron chi connectivity index (χ2n) is 6.13. The van der Waals surface area contributed by atoms with Crippen LogP contribution in [0.1, 0.15) is 16.7 Å². The zero-order valence-corrected chi connectivity index (χ0v) is 14.6. The Kier molecular flexibility index (Phi) is 5.64. The van der Waals surface area contributed by atoms with E-state index in [4.69, 9.17) is 0 Å². The Hall–Kier alpha value is -2.75. The number of hydrogen-bond acceptors (Lipinski definition) is 3. The van der Waals surface area contributed by atoms with Gasteiger partial charge < -0.3 is 15.3 Å². The van der Waals surface area contributed by atoms with Crippen LogP contribution in [0.15, 0.2) is 54.2 Å². The van der Waals surface area contributed by atoms with Crippen LogP contribution in [0.5, 0.6) is 0 Å². The van der Waals surface area contributed by atoms with E-state index in [1.807, 2.05) is 44.4 Å². The third-order valence-electron chi connectivity index (χ3n) is 3.85. The fourth-order valence-electron chi connectivity index (χ4n) is 2.97. The van der Waals surface area contributed by atoms with E-state index in [1.165, 1.54) is 5.69 Å². The molecule has 126 valence electrons. The molecule has 2 rings (SSSR count). The van der Waals surface area contributed by atoms with Crippen molar-refractivity contribution in [2.24, 2.45) is 0 Å². The molecule has 0 saturated heterocycles. The zero-order valence-electron chi connectivity index (χ0n) is 14.6. The molecule has 0 aliphatic heterocycles. The molecule has 0 atom stereocenters. The van der Waals surface area contributed by atoms with Crippen LogP contribution in [0.3, 0.4) is 0 Å². The van der Waals surface area contributed by atoms with Crippen LogP contribution in [0.25, 0.3) is 0 Å². The number of benzene rings is 2. The van der Waals surface area contributed by atoms with E-state index in [0.29, 0.717) is 12.0 Å². The molecular weight excluding hydrogens is 300 g/mol. The molecule has 4 nitrogen and oxygen atoms in total. The summed E-state index contributed by atoms with van der Waals surface area (Å²) in [7, 11) is 4.03. The van der Waals surface area contributed by atoms with Gasteiger partial charge in [-0.1, -0.05) is 30.3 Å². The Labute approximate surface area is 143 Å². The number of nitrogens with zero attached hydrogens (tertiary/aromatic N) is 1. The Bertz CT molecular complexity index is 726. The minimum atomic E-state index is -0.912. The molecule has 2 aromatic rings. The first-order valence-corrected chi connectivity index (χ1v) is 7.90. The number of aryl methyl sites for hydroxylation is 2. The van der Waals surface area contributed by atoms with Crippen molar-refractivity contribution in [3.8, 4) is 0 Å². The fourth-order valence-corrected chi connectivity index (χ4v) is 2.97. The van der Waals surface area contributed by atoms with Crippen LogP contribution in [0.2, 0.25) is 0 Å². The zero-order chi connectivity index (χ0) is 17.7. The van der Waals surface area contributed by atoms with Crippen molar-refractivity contribution in [1.29, 1.82) is 0 Å². The van der Waals surface area contributed by atoms with Crippen LogP contribution in [-0.2, 0) is 11.2 Å². The standard InChI is InChI=1S/C20H24N2O2/c1-14-10-16(11-15(2)19(14)22(3)4)12-17(20(23)24)13-21-18-8-6-5-7-9-18/h5-11,13,21H,12H2,1-4H3,(H,23,24). The number of nitrogens with one attached hydrogen (secondary N) is 1. The number of rotatable bonds is 6. The normalized spacial score (nSPS) is 11.2. The van der Waals surface area contributed by atoms with Gasteiger partial charge in [0.25, 0.3) is 0 Å². The molecule has 0 fully saturated rings. The van der Waals surface area contributed by atoms with Gasteiger partial charge in [-0.3, -0.25) is 0 Å². The largest absolute Gasteiger partial charge is 0.478 e. The highest BCUT2D eigenvalue weighted by atomic mass is 16.4. The molecule has 0 aliphatic carbocycles. The van der Waals surface area contributed by atoms with Crippen molar-refractivity contribution in [3.63, 3.8) is 0 Å². The predicted molar refractivity (Wildman–Crippen MR) is 99.7 cm³/mol. The minimum Gasteiger partial charge on any atom is -0.478 e. The maximum atomic E-state index is 11.6. The van der Waals surface area contributed by atoms with Crippen LogP contribution in [0, 0.1) is 13.8 Å². The number of aliphatic carboxylic acids is 1. The SMILES string of the molecule is Cc1cc(CC(=CNc2ccccc2)C(=O)O)cc(C)c1N(C)C. The Balaban J connectivity index is 2.24. The van der Waals surface area contributed by atoms with Crippen molar-refractivity contribution in [2.45, 2.75) is 20.3 Å². The van der Waals surface area contributed by atoms with Gasteiger partial charge in [0.15, 0.2) is 0 Å². The summed E-state index contributed by atoms with van der Waals surface area (Å²) in [6, 6.07) is 13.6. The van der Waals surface area contributed by atoms with Gasteiger partial charge in [-0.2, -0.15) is 0 Å². The number of carboxylic acid groups (broad SMARTS) is 1. The highest BCUT2D eigenvalue weighted by Gasteiger charge is 2.12. The van der Waals surface area contributed by atoms with Crippen LogP contribution in [0.4, 0.5) is 11.4 Å². The van der Waals surface area contributed by atoms with Gasteiger partial charge in [0, 0.05) is 38.1 Å². The molecular formula is C20H24N2O2. The molecule has 0 radical (unpaired) electrons. The van der Waals surface area contributed by atoms with Gasteiger partial charge in [-0.05, 0) is 42.7 Å². The van der Waals surface area contributed by atoms with E-state index in [0.717, 1.165) is 22.4 Å². The van der Waals surface area contributed by atoms with E-state index in [1.54, 1.807) is 6.20 Å². The summed E-state index contributed by atoms with van der Waals surface area (Å²) < 4.78 is 0. The molecule has 2 N–H and O–H groups in total. The number of hydrogen-bond donors (Lipinski definition) is 2. The molecule has 0 spiro atoms. The van der Waals surface area contributed by atoms with E-state index in [2.05, 4.69) is 36.2 Å². The number of carboxylic acids is 1. The first-order chi connectivity index (χ1) is 11.4. The van der Waals surface area contributed by atoms with Crippen molar-refractivity contribution in [1.82, 2.24) is 0 Å². The minimum absolute atomic E-state index is 0.329. The number of carbonyl (C=O) groups is 1. The van der Waals surface area contributed by atoms with Crippen LogP contribution >= 0.6 is 0 Å². The second kappa shape index (κ2) is 7.68.